The zero-order valence-corrected chi connectivity index (χ0v) is 8.70. The fourth-order valence-electron chi connectivity index (χ4n) is 0.903. The fourth-order valence-corrected chi connectivity index (χ4v) is 0.903. The molecule has 1 aromatic rings. The lowest BCUT2D eigenvalue weighted by molar-refractivity contribution is 0.215. The fraction of sp³-hybridized carbons (Fsp3) is 0.556. The number of rotatable bonds is 3. The van der Waals surface area contributed by atoms with E-state index in [9.17, 15) is 4.79 Å². The van der Waals surface area contributed by atoms with E-state index in [1.807, 2.05) is 6.92 Å². The second kappa shape index (κ2) is 4.64. The van der Waals surface area contributed by atoms with E-state index in [0.29, 0.717) is 12.4 Å². The minimum absolute atomic E-state index is 0.152. The van der Waals surface area contributed by atoms with E-state index < -0.39 is 0 Å². The van der Waals surface area contributed by atoms with Crippen molar-refractivity contribution < 1.29 is 9.21 Å². The molecule has 1 aromatic heterocycles. The highest BCUT2D eigenvalue weighted by molar-refractivity contribution is 5.73. The number of aromatic nitrogens is 1. The highest BCUT2D eigenvalue weighted by Crippen LogP contribution is 2.03. The average Bonchev–Trinajstić information content (AvgIpc) is 2.61. The van der Waals surface area contributed by atoms with Crippen molar-refractivity contribution in [2.75, 3.05) is 14.1 Å². The molecule has 14 heavy (non-hydrogen) atoms. The van der Waals surface area contributed by atoms with Gasteiger partial charge in [-0.2, -0.15) is 0 Å². The summed E-state index contributed by atoms with van der Waals surface area (Å²) in [5.74, 6) is 1.37. The molecule has 0 fully saturated rings. The number of carbonyl (C=O) groups excluding carboxylic acids is 1. The van der Waals surface area contributed by atoms with Gasteiger partial charge in [-0.3, -0.25) is 0 Å². The number of hydrogen-bond acceptors (Lipinski definition) is 3. The first-order chi connectivity index (χ1) is 6.63. The van der Waals surface area contributed by atoms with Crippen molar-refractivity contribution in [1.82, 2.24) is 15.2 Å². The topological polar surface area (TPSA) is 58.4 Å². The van der Waals surface area contributed by atoms with Crippen LogP contribution >= 0.6 is 0 Å². The highest BCUT2D eigenvalue weighted by atomic mass is 16.4. The van der Waals surface area contributed by atoms with Crippen LogP contribution in [0.25, 0.3) is 0 Å². The van der Waals surface area contributed by atoms with Crippen molar-refractivity contribution in [2.45, 2.75) is 19.9 Å². The molecule has 0 unspecified atom stereocenters. The van der Waals surface area contributed by atoms with Gasteiger partial charge >= 0.3 is 6.03 Å². The first-order valence-electron chi connectivity index (χ1n) is 4.52. The van der Waals surface area contributed by atoms with E-state index in [1.54, 1.807) is 20.3 Å². The summed E-state index contributed by atoms with van der Waals surface area (Å²) in [7, 11) is 3.37. The van der Waals surface area contributed by atoms with Gasteiger partial charge in [-0.15, -0.1) is 0 Å². The highest BCUT2D eigenvalue weighted by Gasteiger charge is 2.05. The zero-order valence-electron chi connectivity index (χ0n) is 8.70. The van der Waals surface area contributed by atoms with Crippen LogP contribution in [0.3, 0.4) is 0 Å². The van der Waals surface area contributed by atoms with Gasteiger partial charge in [0.15, 0.2) is 0 Å². The van der Waals surface area contributed by atoms with Crippen LogP contribution in [0.1, 0.15) is 18.6 Å². The molecule has 5 heteroatoms. The molecule has 1 N–H and O–H groups in total. The molecule has 0 saturated heterocycles. The first-order valence-corrected chi connectivity index (χ1v) is 4.52. The number of hydrogen-bond donors (Lipinski definition) is 1. The molecule has 0 bridgehead atoms. The molecule has 0 aliphatic carbocycles. The number of oxazole rings is 1. The molecule has 2 amide bonds. The third kappa shape index (κ3) is 2.76. The minimum atomic E-state index is -0.152. The Morgan fingerprint density at radius 2 is 2.36 bits per heavy atom. The molecule has 0 saturated carbocycles. The van der Waals surface area contributed by atoms with E-state index in [0.717, 1.165) is 12.2 Å². The maximum absolute atomic E-state index is 11.1. The van der Waals surface area contributed by atoms with E-state index in [4.69, 9.17) is 4.42 Å². The van der Waals surface area contributed by atoms with Gasteiger partial charge in [0.05, 0.1) is 12.7 Å². The van der Waals surface area contributed by atoms with Gasteiger partial charge in [0.1, 0.15) is 5.76 Å². The molecule has 0 atom stereocenters. The van der Waals surface area contributed by atoms with Gasteiger partial charge in [-0.1, -0.05) is 6.92 Å². The number of urea groups is 1. The van der Waals surface area contributed by atoms with Crippen molar-refractivity contribution in [2.24, 2.45) is 0 Å². The van der Waals surface area contributed by atoms with E-state index >= 15 is 0 Å². The monoisotopic (exact) mass is 197 g/mol. The number of nitrogens with one attached hydrogen (secondary N) is 1. The largest absolute Gasteiger partial charge is 0.444 e. The lowest BCUT2D eigenvalue weighted by atomic mass is 10.4. The second-order valence-electron chi connectivity index (χ2n) is 3.13. The van der Waals surface area contributed by atoms with Crippen LogP contribution in [0.15, 0.2) is 10.6 Å². The van der Waals surface area contributed by atoms with E-state index in [2.05, 4.69) is 10.3 Å². The minimum Gasteiger partial charge on any atom is -0.444 e. The summed E-state index contributed by atoms with van der Waals surface area (Å²) in [5, 5.41) is 2.67. The molecule has 0 radical (unpaired) electrons. The van der Waals surface area contributed by atoms with Crippen molar-refractivity contribution >= 4 is 6.03 Å². The van der Waals surface area contributed by atoms with Crippen LogP contribution in [-0.2, 0) is 13.0 Å². The van der Waals surface area contributed by atoms with Crippen molar-refractivity contribution in [1.29, 1.82) is 0 Å². The molecule has 1 rings (SSSR count). The van der Waals surface area contributed by atoms with Crippen LogP contribution in [0, 0.1) is 0 Å². The predicted octanol–water partition coefficient (Wildman–Crippen LogP) is 1.01. The maximum atomic E-state index is 11.1. The van der Waals surface area contributed by atoms with E-state index in [-0.39, 0.29) is 6.03 Å². The summed E-state index contributed by atoms with van der Waals surface area (Å²) in [5.41, 5.74) is 0. The lowest BCUT2D eigenvalue weighted by Crippen LogP contribution is -2.33. The summed E-state index contributed by atoms with van der Waals surface area (Å²) in [6, 6.07) is -0.152. The molecule has 0 aromatic carbocycles. The van der Waals surface area contributed by atoms with Crippen LogP contribution in [0.2, 0.25) is 0 Å². The summed E-state index contributed by atoms with van der Waals surface area (Å²) >= 11 is 0. The Bertz CT molecular complexity index is 307. The summed E-state index contributed by atoms with van der Waals surface area (Å²) in [4.78, 5) is 16.6. The maximum Gasteiger partial charge on any atom is 0.317 e. The number of nitrogens with zero attached hydrogens (tertiary/aromatic N) is 2. The third-order valence-electron chi connectivity index (χ3n) is 1.75. The van der Waals surface area contributed by atoms with Crippen LogP contribution < -0.4 is 5.32 Å². The number of carbonyl (C=O) groups is 1. The van der Waals surface area contributed by atoms with Crippen molar-refractivity contribution in [3.63, 3.8) is 0 Å². The molecule has 0 aliphatic heterocycles. The molecule has 5 nitrogen and oxygen atoms in total. The number of aryl methyl sites for hydroxylation is 1. The molecule has 78 valence electrons. The molecule has 0 spiro atoms. The standard InChI is InChI=1S/C9H15N3O2/c1-4-7-5-10-8(14-7)6-11-9(13)12(2)3/h5H,4,6H2,1-3H3,(H,11,13). The Morgan fingerprint density at radius 3 is 2.86 bits per heavy atom. The number of amides is 2. The van der Waals surface area contributed by atoms with Crippen LogP contribution in [0.4, 0.5) is 4.79 Å². The SMILES string of the molecule is CCc1cnc(CNC(=O)N(C)C)o1. The van der Waals surface area contributed by atoms with Crippen molar-refractivity contribution in [3.05, 3.63) is 17.8 Å². The van der Waals surface area contributed by atoms with Crippen molar-refractivity contribution in [3.8, 4) is 0 Å². The summed E-state index contributed by atoms with van der Waals surface area (Å²) < 4.78 is 5.32. The average molecular weight is 197 g/mol. The van der Waals surface area contributed by atoms with Gasteiger partial charge in [-0.05, 0) is 0 Å². The normalized spacial score (nSPS) is 9.93. The van der Waals surface area contributed by atoms with Crippen LogP contribution in [-0.4, -0.2) is 30.0 Å². The lowest BCUT2D eigenvalue weighted by Gasteiger charge is -2.09. The Kier molecular flexibility index (Phi) is 3.50. The van der Waals surface area contributed by atoms with Gasteiger partial charge in [-0.25, -0.2) is 9.78 Å². The molecular formula is C9H15N3O2. The van der Waals surface area contributed by atoms with E-state index in [1.165, 1.54) is 4.90 Å². The molecule has 1 heterocycles. The Hall–Kier alpha value is -1.52. The summed E-state index contributed by atoms with van der Waals surface area (Å²) in [6.45, 7) is 2.32. The smallest absolute Gasteiger partial charge is 0.317 e. The quantitative estimate of drug-likeness (QED) is 0.786. The van der Waals surface area contributed by atoms with Gasteiger partial charge in [0, 0.05) is 20.5 Å². The van der Waals surface area contributed by atoms with Gasteiger partial charge in [0.2, 0.25) is 5.89 Å². The Morgan fingerprint density at radius 1 is 1.64 bits per heavy atom. The van der Waals surface area contributed by atoms with Gasteiger partial charge < -0.3 is 14.6 Å². The first kappa shape index (κ1) is 10.6. The third-order valence-corrected chi connectivity index (χ3v) is 1.75. The Labute approximate surface area is 83.1 Å². The summed E-state index contributed by atoms with van der Waals surface area (Å²) in [6.07, 6.45) is 2.49. The van der Waals surface area contributed by atoms with Gasteiger partial charge in [0.25, 0.3) is 0 Å². The Balaban J connectivity index is 2.41. The van der Waals surface area contributed by atoms with Crippen LogP contribution in [0.5, 0.6) is 0 Å². The molecular weight excluding hydrogens is 182 g/mol. The molecule has 0 aliphatic rings. The second-order valence-corrected chi connectivity index (χ2v) is 3.13. The predicted molar refractivity (Wildman–Crippen MR) is 51.8 cm³/mol. The zero-order chi connectivity index (χ0) is 10.6.